The number of rotatable bonds is 13. The lowest BCUT2D eigenvalue weighted by molar-refractivity contribution is -0.143. The minimum Gasteiger partial charge on any atom is -0.494 e. The van der Waals surface area contributed by atoms with Crippen LogP contribution < -0.4 is 4.74 Å². The van der Waals surface area contributed by atoms with E-state index in [1.165, 1.54) is 11.1 Å². The Morgan fingerprint density at radius 2 is 1.68 bits per heavy atom. The van der Waals surface area contributed by atoms with E-state index in [0.717, 1.165) is 24.2 Å². The van der Waals surface area contributed by atoms with Gasteiger partial charge in [0.25, 0.3) is 0 Å². The van der Waals surface area contributed by atoms with Gasteiger partial charge in [-0.05, 0) is 55.0 Å². The highest BCUT2D eigenvalue weighted by molar-refractivity contribution is 5.70. The van der Waals surface area contributed by atoms with Crippen LogP contribution in [0.15, 0.2) is 84.9 Å². The number of ether oxygens (including phenoxy) is 3. The minimum absolute atomic E-state index is 0.0418. The lowest BCUT2D eigenvalue weighted by atomic mass is 9.85. The highest BCUT2D eigenvalue weighted by Gasteiger charge is 2.39. The van der Waals surface area contributed by atoms with Crippen LogP contribution in [0.5, 0.6) is 5.75 Å². The number of benzene rings is 3. The van der Waals surface area contributed by atoms with Crippen LogP contribution in [0.1, 0.15) is 48.8 Å². The van der Waals surface area contributed by atoms with Crippen molar-refractivity contribution < 1.29 is 23.8 Å². The first kappa shape index (κ1) is 26.3. The first-order chi connectivity index (χ1) is 18.2. The second kappa shape index (κ2) is 13.5. The molecule has 1 aliphatic rings. The van der Waals surface area contributed by atoms with E-state index in [4.69, 9.17) is 14.2 Å². The molecule has 0 radical (unpaired) electrons. The van der Waals surface area contributed by atoms with Crippen molar-refractivity contribution in [2.45, 2.75) is 44.6 Å². The van der Waals surface area contributed by atoms with Crippen LogP contribution in [0.3, 0.4) is 0 Å². The van der Waals surface area contributed by atoms with E-state index in [9.17, 15) is 9.59 Å². The predicted octanol–water partition coefficient (Wildman–Crippen LogP) is 5.99. The van der Waals surface area contributed by atoms with Crippen molar-refractivity contribution in [1.82, 2.24) is 4.90 Å². The Bertz CT molecular complexity index is 1100. The standard InChI is InChI=1S/C31H35NO5/c1-2-35-29(33)19-11-21-36-27-18-9-12-24(22-27)13-10-20-32-28(23-37-31(32)34)30(25-14-5-3-6-15-25)26-16-7-4-8-17-26/h3-9,12,14-18,22,28,30H,2,10-11,13,19-21,23H2,1H3/t28-/m1/s1. The van der Waals surface area contributed by atoms with E-state index in [-0.39, 0.29) is 24.0 Å². The van der Waals surface area contributed by atoms with Gasteiger partial charge in [-0.3, -0.25) is 4.79 Å². The topological polar surface area (TPSA) is 65.1 Å². The number of carbonyl (C=O) groups is 2. The summed E-state index contributed by atoms with van der Waals surface area (Å²) in [6.07, 6.45) is 2.35. The highest BCUT2D eigenvalue weighted by atomic mass is 16.6. The summed E-state index contributed by atoms with van der Waals surface area (Å²) in [5, 5.41) is 0. The largest absolute Gasteiger partial charge is 0.494 e. The van der Waals surface area contributed by atoms with Gasteiger partial charge in [-0.2, -0.15) is 0 Å². The number of carbonyl (C=O) groups excluding carboxylic acids is 2. The Morgan fingerprint density at radius 3 is 2.35 bits per heavy atom. The van der Waals surface area contributed by atoms with Gasteiger partial charge < -0.3 is 19.1 Å². The van der Waals surface area contributed by atoms with Crippen molar-refractivity contribution in [2.24, 2.45) is 0 Å². The smallest absolute Gasteiger partial charge is 0.410 e. The van der Waals surface area contributed by atoms with Gasteiger partial charge in [0.05, 0.1) is 19.3 Å². The molecule has 0 spiro atoms. The normalized spacial score (nSPS) is 15.0. The van der Waals surface area contributed by atoms with Gasteiger partial charge in [-0.25, -0.2) is 4.79 Å². The van der Waals surface area contributed by atoms with E-state index in [0.29, 0.717) is 39.2 Å². The fourth-order valence-electron chi connectivity index (χ4n) is 4.84. The number of nitrogens with zero attached hydrogens (tertiary/aromatic N) is 1. The monoisotopic (exact) mass is 501 g/mol. The fraction of sp³-hybridized carbons (Fsp3) is 0.355. The molecule has 6 nitrogen and oxygen atoms in total. The average molecular weight is 502 g/mol. The van der Waals surface area contributed by atoms with Crippen molar-refractivity contribution in [2.75, 3.05) is 26.4 Å². The van der Waals surface area contributed by atoms with Crippen LogP contribution in [0.25, 0.3) is 0 Å². The fourth-order valence-corrected chi connectivity index (χ4v) is 4.84. The molecule has 6 heteroatoms. The van der Waals surface area contributed by atoms with Gasteiger partial charge in [0.1, 0.15) is 12.4 Å². The maximum atomic E-state index is 12.7. The number of hydrogen-bond donors (Lipinski definition) is 0. The Balaban J connectivity index is 1.35. The second-order valence-corrected chi connectivity index (χ2v) is 9.14. The van der Waals surface area contributed by atoms with Crippen molar-refractivity contribution in [1.29, 1.82) is 0 Å². The molecule has 1 heterocycles. The SMILES string of the molecule is CCOC(=O)CCCOc1cccc(CCCN2C(=O)OC[C@@H]2C(c2ccccc2)c2ccccc2)c1. The molecular weight excluding hydrogens is 466 g/mol. The second-order valence-electron chi connectivity index (χ2n) is 9.14. The Hall–Kier alpha value is -3.80. The predicted molar refractivity (Wildman–Crippen MR) is 143 cm³/mol. The lowest BCUT2D eigenvalue weighted by Gasteiger charge is -2.30. The van der Waals surface area contributed by atoms with Crippen LogP contribution in [-0.2, 0) is 20.7 Å². The van der Waals surface area contributed by atoms with Crippen molar-refractivity contribution in [3.8, 4) is 5.75 Å². The third-order valence-electron chi connectivity index (χ3n) is 6.58. The summed E-state index contributed by atoms with van der Waals surface area (Å²) in [5.41, 5.74) is 3.50. The summed E-state index contributed by atoms with van der Waals surface area (Å²) < 4.78 is 16.3. The number of amides is 1. The zero-order valence-electron chi connectivity index (χ0n) is 21.4. The molecule has 0 aromatic heterocycles. The minimum atomic E-state index is -0.249. The molecular formula is C31H35NO5. The Labute approximate surface area is 219 Å². The molecule has 1 fully saturated rings. The molecule has 194 valence electrons. The molecule has 0 aliphatic carbocycles. The molecule has 3 aromatic carbocycles. The van der Waals surface area contributed by atoms with Gasteiger partial charge in [-0.15, -0.1) is 0 Å². The van der Waals surface area contributed by atoms with Gasteiger partial charge in [0.15, 0.2) is 0 Å². The molecule has 0 unspecified atom stereocenters. The van der Waals surface area contributed by atoms with Crippen molar-refractivity contribution in [3.63, 3.8) is 0 Å². The van der Waals surface area contributed by atoms with E-state index < -0.39 is 0 Å². The zero-order chi connectivity index (χ0) is 25.9. The quantitative estimate of drug-likeness (QED) is 0.212. The lowest BCUT2D eigenvalue weighted by Crippen LogP contribution is -2.39. The summed E-state index contributed by atoms with van der Waals surface area (Å²) in [5.74, 6) is 0.633. The molecule has 37 heavy (non-hydrogen) atoms. The maximum absolute atomic E-state index is 12.7. The van der Waals surface area contributed by atoms with Gasteiger partial charge in [-0.1, -0.05) is 72.8 Å². The molecule has 4 rings (SSSR count). The molecule has 0 N–H and O–H groups in total. The summed E-state index contributed by atoms with van der Waals surface area (Å²) in [4.78, 5) is 26.1. The van der Waals surface area contributed by atoms with Gasteiger partial charge in [0.2, 0.25) is 0 Å². The summed E-state index contributed by atoms with van der Waals surface area (Å²) in [6, 6.07) is 28.6. The first-order valence-electron chi connectivity index (χ1n) is 13.1. The number of aryl methyl sites for hydroxylation is 1. The van der Waals surface area contributed by atoms with E-state index in [1.807, 2.05) is 59.5 Å². The summed E-state index contributed by atoms with van der Waals surface area (Å²) in [6.45, 7) is 3.66. The van der Waals surface area contributed by atoms with Crippen LogP contribution in [0, 0.1) is 0 Å². The van der Waals surface area contributed by atoms with Crippen LogP contribution in [0.4, 0.5) is 4.79 Å². The average Bonchev–Trinajstić information content (AvgIpc) is 3.28. The van der Waals surface area contributed by atoms with E-state index in [2.05, 4.69) is 30.3 Å². The molecule has 1 amide bonds. The van der Waals surface area contributed by atoms with E-state index >= 15 is 0 Å². The summed E-state index contributed by atoms with van der Waals surface area (Å²) in [7, 11) is 0. The Kier molecular flexibility index (Phi) is 9.58. The molecule has 1 atom stereocenters. The molecule has 1 saturated heterocycles. The number of esters is 1. The van der Waals surface area contributed by atoms with Crippen LogP contribution in [0.2, 0.25) is 0 Å². The summed E-state index contributed by atoms with van der Waals surface area (Å²) >= 11 is 0. The van der Waals surface area contributed by atoms with Crippen molar-refractivity contribution >= 4 is 12.1 Å². The third-order valence-corrected chi connectivity index (χ3v) is 6.58. The first-order valence-corrected chi connectivity index (χ1v) is 13.1. The molecule has 0 bridgehead atoms. The number of cyclic esters (lactones) is 1. The maximum Gasteiger partial charge on any atom is 0.410 e. The van der Waals surface area contributed by atoms with Gasteiger partial charge >= 0.3 is 12.1 Å². The van der Waals surface area contributed by atoms with Gasteiger partial charge in [0, 0.05) is 18.9 Å². The molecule has 1 aliphatic heterocycles. The van der Waals surface area contributed by atoms with E-state index in [1.54, 1.807) is 6.92 Å². The van der Waals surface area contributed by atoms with Crippen molar-refractivity contribution in [3.05, 3.63) is 102 Å². The molecule has 3 aromatic rings. The molecule has 0 saturated carbocycles. The third kappa shape index (κ3) is 7.35. The van der Waals surface area contributed by atoms with Crippen LogP contribution >= 0.6 is 0 Å². The number of hydrogen-bond acceptors (Lipinski definition) is 5. The zero-order valence-corrected chi connectivity index (χ0v) is 21.4. The Morgan fingerprint density at radius 1 is 0.973 bits per heavy atom. The highest BCUT2D eigenvalue weighted by Crippen LogP contribution is 2.34. The van der Waals surface area contributed by atoms with Crippen LogP contribution in [-0.4, -0.2) is 49.4 Å².